The van der Waals surface area contributed by atoms with Crippen LogP contribution in [0.3, 0.4) is 0 Å². The molecule has 0 amide bonds. The molecule has 0 saturated carbocycles. The van der Waals surface area contributed by atoms with Gasteiger partial charge in [0.15, 0.2) is 0 Å². The SMILES string of the molecule is CC(=O)O[C@H]1C=CCC1.CC(C)(C)C(=O)O. The highest BCUT2D eigenvalue weighted by molar-refractivity contribution is 5.72. The average molecular weight is 228 g/mol. The molecule has 1 aliphatic carbocycles. The molecule has 0 saturated heterocycles. The van der Waals surface area contributed by atoms with E-state index in [2.05, 4.69) is 0 Å². The van der Waals surface area contributed by atoms with Crippen molar-refractivity contribution in [2.75, 3.05) is 0 Å². The van der Waals surface area contributed by atoms with Gasteiger partial charge in [-0.3, -0.25) is 9.59 Å². The maximum atomic E-state index is 10.3. The van der Waals surface area contributed by atoms with Crippen molar-refractivity contribution >= 4 is 11.9 Å². The van der Waals surface area contributed by atoms with E-state index in [0.29, 0.717) is 0 Å². The Labute approximate surface area is 96.3 Å². The van der Waals surface area contributed by atoms with E-state index >= 15 is 0 Å². The fourth-order valence-corrected chi connectivity index (χ4v) is 0.916. The first-order valence-corrected chi connectivity index (χ1v) is 5.30. The van der Waals surface area contributed by atoms with Crippen LogP contribution in [0.2, 0.25) is 0 Å². The molecular formula is C12H20O4. The molecule has 92 valence electrons. The summed E-state index contributed by atoms with van der Waals surface area (Å²) in [5.74, 6) is -0.945. The molecule has 0 aromatic heterocycles. The molecule has 0 spiro atoms. The second-order valence-corrected chi connectivity index (χ2v) is 4.71. The minimum absolute atomic E-state index is 0.0579. The quantitative estimate of drug-likeness (QED) is 0.553. The van der Waals surface area contributed by atoms with Crippen molar-refractivity contribution in [3.05, 3.63) is 12.2 Å². The van der Waals surface area contributed by atoms with Gasteiger partial charge in [-0.1, -0.05) is 6.08 Å². The van der Waals surface area contributed by atoms with Crippen molar-refractivity contribution < 1.29 is 19.4 Å². The highest BCUT2D eigenvalue weighted by Crippen LogP contribution is 2.12. The highest BCUT2D eigenvalue weighted by Gasteiger charge is 2.18. The standard InChI is InChI=1S/C7H10O2.C5H10O2/c1-6(8)9-7-4-2-3-5-7;1-5(2,3)4(6)7/h2,4,7H,3,5H2,1H3;1-3H3,(H,6,7)/t7-;/m0./s1. The van der Waals surface area contributed by atoms with Crippen molar-refractivity contribution in [1.29, 1.82) is 0 Å². The van der Waals surface area contributed by atoms with Gasteiger partial charge in [-0.05, 0) is 39.7 Å². The summed E-state index contributed by atoms with van der Waals surface area (Å²) in [4.78, 5) is 20.4. The molecule has 1 aliphatic rings. The van der Waals surface area contributed by atoms with E-state index in [4.69, 9.17) is 9.84 Å². The number of esters is 1. The molecule has 0 radical (unpaired) electrons. The van der Waals surface area contributed by atoms with Crippen molar-refractivity contribution in [2.24, 2.45) is 5.41 Å². The molecule has 0 aromatic carbocycles. The minimum Gasteiger partial charge on any atom is -0.481 e. The molecular weight excluding hydrogens is 208 g/mol. The summed E-state index contributed by atoms with van der Waals surface area (Å²) < 4.78 is 4.89. The largest absolute Gasteiger partial charge is 0.481 e. The van der Waals surface area contributed by atoms with Crippen LogP contribution in [0.5, 0.6) is 0 Å². The number of rotatable bonds is 1. The van der Waals surface area contributed by atoms with Crippen LogP contribution in [-0.2, 0) is 14.3 Å². The van der Waals surface area contributed by atoms with Crippen LogP contribution < -0.4 is 0 Å². The summed E-state index contributed by atoms with van der Waals surface area (Å²) in [5, 5.41) is 8.25. The molecule has 1 rings (SSSR count). The third-order valence-electron chi connectivity index (χ3n) is 1.93. The Balaban J connectivity index is 0.000000293. The number of ether oxygens (including phenoxy) is 1. The fourth-order valence-electron chi connectivity index (χ4n) is 0.916. The van der Waals surface area contributed by atoms with E-state index in [-0.39, 0.29) is 12.1 Å². The number of carbonyl (C=O) groups excluding carboxylic acids is 1. The second kappa shape index (κ2) is 6.30. The molecule has 0 heterocycles. The zero-order chi connectivity index (χ0) is 12.8. The van der Waals surface area contributed by atoms with E-state index in [0.717, 1.165) is 12.8 Å². The van der Waals surface area contributed by atoms with Crippen LogP contribution in [-0.4, -0.2) is 23.1 Å². The number of allylic oxidation sites excluding steroid dienone is 1. The lowest BCUT2D eigenvalue weighted by Crippen LogP contribution is -2.18. The Morgan fingerprint density at radius 3 is 2.12 bits per heavy atom. The molecule has 4 heteroatoms. The van der Waals surface area contributed by atoms with E-state index in [1.54, 1.807) is 20.8 Å². The Morgan fingerprint density at radius 2 is 1.88 bits per heavy atom. The molecule has 0 fully saturated rings. The van der Waals surface area contributed by atoms with Crippen molar-refractivity contribution in [2.45, 2.75) is 46.6 Å². The first-order chi connectivity index (χ1) is 7.23. The monoisotopic (exact) mass is 228 g/mol. The lowest BCUT2D eigenvalue weighted by Gasteiger charge is -2.08. The van der Waals surface area contributed by atoms with Gasteiger partial charge in [0.25, 0.3) is 0 Å². The zero-order valence-electron chi connectivity index (χ0n) is 10.3. The fraction of sp³-hybridized carbons (Fsp3) is 0.667. The van der Waals surface area contributed by atoms with Gasteiger partial charge in [-0.2, -0.15) is 0 Å². The van der Waals surface area contributed by atoms with E-state index < -0.39 is 11.4 Å². The predicted molar refractivity (Wildman–Crippen MR) is 61.0 cm³/mol. The first kappa shape index (κ1) is 14.7. The van der Waals surface area contributed by atoms with Crippen molar-refractivity contribution in [1.82, 2.24) is 0 Å². The number of carboxylic acids is 1. The van der Waals surface area contributed by atoms with Crippen molar-refractivity contribution in [3.63, 3.8) is 0 Å². The molecule has 0 unspecified atom stereocenters. The second-order valence-electron chi connectivity index (χ2n) is 4.71. The summed E-state index contributed by atoms with van der Waals surface area (Å²) in [6.45, 7) is 6.42. The Bertz CT molecular complexity index is 273. The van der Waals surface area contributed by atoms with Gasteiger partial charge >= 0.3 is 11.9 Å². The summed E-state index contributed by atoms with van der Waals surface area (Å²) in [6.07, 6.45) is 6.02. The highest BCUT2D eigenvalue weighted by atomic mass is 16.5. The maximum Gasteiger partial charge on any atom is 0.308 e. The minimum atomic E-state index is -0.757. The molecule has 4 nitrogen and oxygen atoms in total. The van der Waals surface area contributed by atoms with Gasteiger partial charge in [0.2, 0.25) is 0 Å². The molecule has 1 atom stereocenters. The summed E-state index contributed by atoms with van der Waals surface area (Å²) in [5.41, 5.74) is -0.583. The molecule has 1 N–H and O–H groups in total. The molecule has 0 aromatic rings. The predicted octanol–water partition coefficient (Wildman–Crippen LogP) is 2.39. The normalized spacial score (nSPS) is 18.6. The maximum absolute atomic E-state index is 10.3. The lowest BCUT2D eigenvalue weighted by molar-refractivity contribution is -0.146. The van der Waals surface area contributed by atoms with E-state index in [1.165, 1.54) is 6.92 Å². The molecule has 0 bridgehead atoms. The number of carbonyl (C=O) groups is 2. The van der Waals surface area contributed by atoms with Crippen LogP contribution in [0.15, 0.2) is 12.2 Å². The number of carboxylic acid groups (broad SMARTS) is 1. The van der Waals surface area contributed by atoms with Gasteiger partial charge in [-0.15, -0.1) is 0 Å². The number of hydrogen-bond acceptors (Lipinski definition) is 3. The van der Waals surface area contributed by atoms with Gasteiger partial charge in [0.05, 0.1) is 5.41 Å². The summed E-state index contributed by atoms with van der Waals surface area (Å²) >= 11 is 0. The third kappa shape index (κ3) is 7.04. The average Bonchev–Trinajstić information content (AvgIpc) is 2.54. The number of aliphatic carboxylic acids is 1. The van der Waals surface area contributed by atoms with E-state index in [9.17, 15) is 9.59 Å². The van der Waals surface area contributed by atoms with Crippen LogP contribution in [0, 0.1) is 5.41 Å². The Hall–Kier alpha value is -1.32. The zero-order valence-corrected chi connectivity index (χ0v) is 10.3. The van der Waals surface area contributed by atoms with Gasteiger partial charge in [0.1, 0.15) is 6.10 Å². The van der Waals surface area contributed by atoms with Crippen molar-refractivity contribution in [3.8, 4) is 0 Å². The van der Waals surface area contributed by atoms with Crippen LogP contribution in [0.4, 0.5) is 0 Å². The summed E-state index contributed by atoms with van der Waals surface area (Å²) in [7, 11) is 0. The Morgan fingerprint density at radius 1 is 1.38 bits per heavy atom. The Kier molecular flexibility index (Phi) is 5.78. The molecule has 16 heavy (non-hydrogen) atoms. The summed E-state index contributed by atoms with van der Waals surface area (Å²) in [6, 6.07) is 0. The smallest absolute Gasteiger partial charge is 0.308 e. The first-order valence-electron chi connectivity index (χ1n) is 5.30. The number of hydrogen-bond donors (Lipinski definition) is 1. The van der Waals surface area contributed by atoms with Crippen LogP contribution in [0.25, 0.3) is 0 Å². The third-order valence-corrected chi connectivity index (χ3v) is 1.93. The molecule has 0 aliphatic heterocycles. The van der Waals surface area contributed by atoms with Gasteiger partial charge < -0.3 is 9.84 Å². The van der Waals surface area contributed by atoms with Crippen LogP contribution in [0.1, 0.15) is 40.5 Å². The van der Waals surface area contributed by atoms with Crippen LogP contribution >= 0.6 is 0 Å². The topological polar surface area (TPSA) is 63.6 Å². The van der Waals surface area contributed by atoms with Gasteiger partial charge in [-0.25, -0.2) is 0 Å². The lowest BCUT2D eigenvalue weighted by atomic mass is 9.98. The van der Waals surface area contributed by atoms with E-state index in [1.807, 2.05) is 12.2 Å². The van der Waals surface area contributed by atoms with Gasteiger partial charge in [0, 0.05) is 6.92 Å².